The zero-order valence-electron chi connectivity index (χ0n) is 30.0. The van der Waals surface area contributed by atoms with E-state index < -0.39 is 17.0 Å². The molecule has 1 atom stereocenters. The zero-order chi connectivity index (χ0) is 36.9. The molecule has 1 saturated heterocycles. The molecule has 2 fully saturated rings. The lowest BCUT2D eigenvalue weighted by molar-refractivity contribution is -0.147. The quantitative estimate of drug-likeness (QED) is 0.107. The number of carbonyl (C=O) groups is 1. The summed E-state index contributed by atoms with van der Waals surface area (Å²) in [4.78, 5) is 28.2. The Bertz CT molecular complexity index is 2450. The van der Waals surface area contributed by atoms with Crippen LogP contribution < -0.4 is 10.6 Å². The number of nitriles is 1. The smallest absolute Gasteiger partial charge is 0.310 e. The van der Waals surface area contributed by atoms with Crippen LogP contribution in [0.2, 0.25) is 0 Å². The van der Waals surface area contributed by atoms with E-state index in [-0.39, 0.29) is 0 Å². The molecule has 0 spiro atoms. The minimum absolute atomic E-state index is 0.400. The predicted molar refractivity (Wildman–Crippen MR) is 203 cm³/mol. The van der Waals surface area contributed by atoms with E-state index in [2.05, 4.69) is 58.6 Å². The Kier molecular flexibility index (Phi) is 8.69. The van der Waals surface area contributed by atoms with E-state index in [9.17, 15) is 20.3 Å². The highest BCUT2D eigenvalue weighted by atomic mass is 16.4. The van der Waals surface area contributed by atoms with Crippen LogP contribution in [0.3, 0.4) is 0 Å². The summed E-state index contributed by atoms with van der Waals surface area (Å²) in [5, 5.41) is 37.7. The number of hydrogen-bond acceptors (Lipinski definition) is 10. The zero-order valence-corrected chi connectivity index (χ0v) is 30.0. The van der Waals surface area contributed by atoms with E-state index in [1.165, 1.54) is 0 Å². The van der Waals surface area contributed by atoms with Crippen molar-refractivity contribution in [3.8, 4) is 28.7 Å². The number of fused-ring (bicyclic) bond motifs is 2. The molecule has 268 valence electrons. The molecular formula is C42H41N7O4. The number of aliphatic hydroxyl groups is 1. The van der Waals surface area contributed by atoms with E-state index in [1.807, 2.05) is 48.7 Å². The van der Waals surface area contributed by atoms with Crippen LogP contribution in [0.4, 0.5) is 11.5 Å². The second kappa shape index (κ2) is 13.4. The first kappa shape index (κ1) is 34.4. The largest absolute Gasteiger partial charge is 0.481 e. The van der Waals surface area contributed by atoms with E-state index in [1.54, 1.807) is 13.1 Å². The fraction of sp³-hybridized carbons (Fsp3) is 0.310. The number of nitrogens with zero attached hydrogens (tertiary/aromatic N) is 5. The van der Waals surface area contributed by atoms with Crippen LogP contribution in [0.25, 0.3) is 44.6 Å². The SMILES string of the molecule is Cc1c(Nc2nccc3cc(CNCC4(O)CC4)cnc23)cccc1-c1cccc(-c2nc3cc(CN4CC[C@@](C)(C(=O)O)C4)cc(C#N)c3o2)c1C. The molecule has 3 aromatic heterocycles. The summed E-state index contributed by atoms with van der Waals surface area (Å²) in [6, 6.07) is 22.3. The number of oxazole rings is 1. The van der Waals surface area contributed by atoms with Crippen molar-refractivity contribution >= 4 is 39.5 Å². The molecule has 11 nitrogen and oxygen atoms in total. The molecule has 11 heteroatoms. The number of anilines is 2. The first-order valence-corrected chi connectivity index (χ1v) is 18.0. The Morgan fingerprint density at radius 2 is 1.77 bits per heavy atom. The maximum absolute atomic E-state index is 11.8. The minimum Gasteiger partial charge on any atom is -0.481 e. The van der Waals surface area contributed by atoms with Crippen molar-refractivity contribution in [2.24, 2.45) is 5.41 Å². The van der Waals surface area contributed by atoms with Crippen molar-refractivity contribution in [3.63, 3.8) is 0 Å². The summed E-state index contributed by atoms with van der Waals surface area (Å²) in [6.07, 6.45) is 5.93. The topological polar surface area (TPSA) is 160 Å². The number of hydrogen-bond donors (Lipinski definition) is 4. The number of pyridine rings is 2. The molecule has 53 heavy (non-hydrogen) atoms. The third-order valence-corrected chi connectivity index (χ3v) is 10.9. The van der Waals surface area contributed by atoms with Gasteiger partial charge in [-0.2, -0.15) is 5.26 Å². The van der Waals surface area contributed by atoms with Gasteiger partial charge in [0.1, 0.15) is 17.1 Å². The third-order valence-electron chi connectivity index (χ3n) is 10.9. The molecule has 0 amide bonds. The lowest BCUT2D eigenvalue weighted by atomic mass is 9.90. The first-order chi connectivity index (χ1) is 25.5. The minimum atomic E-state index is -0.784. The van der Waals surface area contributed by atoms with Crippen LogP contribution in [-0.4, -0.2) is 61.3 Å². The van der Waals surface area contributed by atoms with Crippen LogP contribution in [0.15, 0.2) is 77.5 Å². The Balaban J connectivity index is 1.05. The average Bonchev–Trinajstić information content (AvgIpc) is 3.52. The van der Waals surface area contributed by atoms with Crippen LogP contribution in [0, 0.1) is 30.6 Å². The summed E-state index contributed by atoms with van der Waals surface area (Å²) < 4.78 is 6.29. The second-order valence-electron chi connectivity index (χ2n) is 14.9. The Morgan fingerprint density at radius 3 is 2.53 bits per heavy atom. The lowest BCUT2D eigenvalue weighted by Gasteiger charge is -2.20. The van der Waals surface area contributed by atoms with Gasteiger partial charge in [0, 0.05) is 55.2 Å². The number of aromatic nitrogens is 3. The molecule has 8 rings (SSSR count). The molecule has 1 aliphatic heterocycles. The molecule has 0 unspecified atom stereocenters. The highest BCUT2D eigenvalue weighted by Crippen LogP contribution is 2.38. The highest BCUT2D eigenvalue weighted by Gasteiger charge is 2.40. The average molecular weight is 708 g/mol. The summed E-state index contributed by atoms with van der Waals surface area (Å²) in [7, 11) is 0. The van der Waals surface area contributed by atoms with Crippen molar-refractivity contribution in [3.05, 3.63) is 101 Å². The number of rotatable bonds is 11. The van der Waals surface area contributed by atoms with Crippen LogP contribution in [0.5, 0.6) is 0 Å². The molecule has 6 aromatic rings. The number of aliphatic carboxylic acids is 1. The third kappa shape index (κ3) is 6.73. The number of likely N-dealkylation sites (tertiary alicyclic amines) is 1. The monoisotopic (exact) mass is 707 g/mol. The number of benzene rings is 3. The molecule has 0 bridgehead atoms. The van der Waals surface area contributed by atoms with Gasteiger partial charge < -0.3 is 25.3 Å². The van der Waals surface area contributed by atoms with Crippen LogP contribution in [-0.2, 0) is 17.9 Å². The van der Waals surface area contributed by atoms with Crippen molar-refractivity contribution in [2.45, 2.75) is 58.7 Å². The Morgan fingerprint density at radius 1 is 1.00 bits per heavy atom. The number of carboxylic acid groups (broad SMARTS) is 1. The Hall–Kier alpha value is -5.67. The van der Waals surface area contributed by atoms with Gasteiger partial charge in [0.2, 0.25) is 5.89 Å². The van der Waals surface area contributed by atoms with Gasteiger partial charge in [0.25, 0.3) is 0 Å². The van der Waals surface area contributed by atoms with Crippen molar-refractivity contribution in [2.75, 3.05) is 25.0 Å². The second-order valence-corrected chi connectivity index (χ2v) is 14.9. The molecule has 1 saturated carbocycles. The summed E-state index contributed by atoms with van der Waals surface area (Å²) >= 11 is 0. The van der Waals surface area contributed by atoms with Gasteiger partial charge in [-0.1, -0.05) is 24.3 Å². The number of carboxylic acids is 1. The molecule has 3 aromatic carbocycles. The molecule has 1 aliphatic carbocycles. The normalized spacial score (nSPS) is 18.0. The van der Waals surface area contributed by atoms with Gasteiger partial charge in [0.05, 0.1) is 16.6 Å². The molecule has 2 aliphatic rings. The summed E-state index contributed by atoms with van der Waals surface area (Å²) in [5.41, 5.74) is 8.67. The van der Waals surface area contributed by atoms with Gasteiger partial charge in [-0.15, -0.1) is 0 Å². The molecule has 4 heterocycles. The highest BCUT2D eigenvalue weighted by molar-refractivity contribution is 5.91. The predicted octanol–water partition coefficient (Wildman–Crippen LogP) is 7.25. The lowest BCUT2D eigenvalue weighted by Crippen LogP contribution is -2.31. The van der Waals surface area contributed by atoms with Gasteiger partial charge in [-0.3, -0.25) is 14.7 Å². The van der Waals surface area contributed by atoms with Crippen LogP contribution in [0.1, 0.15) is 54.0 Å². The summed E-state index contributed by atoms with van der Waals surface area (Å²) in [6.45, 7) is 8.80. The van der Waals surface area contributed by atoms with E-state index in [0.29, 0.717) is 67.5 Å². The molecular weight excluding hydrogens is 667 g/mol. The standard InChI is InChI=1S/C42H41N7O4/c1-25-31(6-4-8-33(25)39-48-35-18-27(16-30(19-43)37(35)53-39)22-49-15-13-41(3,24-49)40(50)51)32-7-5-9-34(26(32)2)47-38-36-29(10-14-45-38)17-28(21-46-36)20-44-23-42(52)11-12-42/h4-10,14,16-18,21,44,52H,11-13,15,20,22-24H2,1-3H3,(H,45,47)(H,50,51)/t41-/m1/s1. The van der Waals surface area contributed by atoms with Gasteiger partial charge >= 0.3 is 5.97 Å². The van der Waals surface area contributed by atoms with Gasteiger partial charge in [-0.05, 0) is 116 Å². The van der Waals surface area contributed by atoms with E-state index >= 15 is 0 Å². The fourth-order valence-corrected chi connectivity index (χ4v) is 7.41. The van der Waals surface area contributed by atoms with E-state index in [0.717, 1.165) is 68.4 Å². The van der Waals surface area contributed by atoms with Crippen molar-refractivity contribution in [1.29, 1.82) is 5.26 Å². The van der Waals surface area contributed by atoms with Crippen LogP contribution >= 0.6 is 0 Å². The van der Waals surface area contributed by atoms with Crippen molar-refractivity contribution in [1.82, 2.24) is 25.2 Å². The van der Waals surface area contributed by atoms with Gasteiger partial charge in [-0.25, -0.2) is 9.97 Å². The summed E-state index contributed by atoms with van der Waals surface area (Å²) in [5.74, 6) is 0.317. The van der Waals surface area contributed by atoms with Crippen molar-refractivity contribution < 1.29 is 19.4 Å². The van der Waals surface area contributed by atoms with E-state index in [4.69, 9.17) is 14.4 Å². The maximum Gasteiger partial charge on any atom is 0.310 e. The first-order valence-electron chi connectivity index (χ1n) is 18.0. The maximum atomic E-state index is 11.8. The molecule has 0 radical (unpaired) electrons. The van der Waals surface area contributed by atoms with Gasteiger partial charge in [0.15, 0.2) is 11.4 Å². The number of nitrogens with one attached hydrogen (secondary N) is 2. The fourth-order valence-electron chi connectivity index (χ4n) is 7.41. The Labute approximate surface area is 307 Å². The molecule has 4 N–H and O–H groups in total.